The first kappa shape index (κ1) is 10.6. The van der Waals surface area contributed by atoms with E-state index in [4.69, 9.17) is 0 Å². The van der Waals surface area contributed by atoms with Gasteiger partial charge in [0.1, 0.15) is 0 Å². The van der Waals surface area contributed by atoms with E-state index >= 15 is 0 Å². The van der Waals surface area contributed by atoms with E-state index in [1.54, 1.807) is 0 Å². The topological polar surface area (TPSA) is 12.0 Å². The molecule has 0 aromatic rings. The molecule has 2 rings (SSSR count). The monoisotopic (exact) mass is 161 g/mol. The summed E-state index contributed by atoms with van der Waals surface area (Å²) in [6.07, 6.45) is 4.20. The Morgan fingerprint density at radius 1 is 1.17 bits per heavy atom. The Hall–Kier alpha value is 0.557. The summed E-state index contributed by atoms with van der Waals surface area (Å²) in [6, 6.07) is 0.823. The van der Waals surface area contributed by atoms with Gasteiger partial charge in [-0.3, -0.25) is 0 Å². The van der Waals surface area contributed by atoms with Crippen LogP contribution in [0.2, 0.25) is 0 Å². The Morgan fingerprint density at radius 2 is 1.83 bits per heavy atom. The molecule has 1 saturated heterocycles. The van der Waals surface area contributed by atoms with Crippen molar-refractivity contribution in [2.24, 2.45) is 10.8 Å². The molecule has 0 radical (unpaired) electrons. The predicted octanol–water partition coefficient (Wildman–Crippen LogP) is 1.53. The van der Waals surface area contributed by atoms with E-state index in [1.807, 2.05) is 0 Å². The van der Waals surface area contributed by atoms with Gasteiger partial charge in [0.15, 0.2) is 0 Å². The molecule has 2 heteroatoms. The van der Waals surface area contributed by atoms with Crippen LogP contribution in [0.15, 0.2) is 0 Å². The zero-order valence-electron chi connectivity index (χ0n) is 7.91. The Balaban J connectivity index is 0.000000720. The molecule has 2 unspecified atom stereocenters. The molecule has 1 aliphatic heterocycles. The summed E-state index contributed by atoms with van der Waals surface area (Å²) in [5.74, 6) is 0. The molecule has 2 atom stereocenters. The van der Waals surface area contributed by atoms with Crippen molar-refractivity contribution in [3.8, 4) is 0 Å². The van der Waals surface area contributed by atoms with Crippen LogP contribution in [0.4, 0.5) is 0 Å². The van der Waals surface area contributed by atoms with E-state index in [0.29, 0.717) is 10.8 Å². The number of hydrogen-bond acceptors (Lipinski definition) is 1. The first-order valence-electron chi connectivity index (χ1n) is 4.73. The molecule has 12 heavy (non-hydrogen) atoms. The molecule has 0 spiro atoms. The second-order valence-corrected chi connectivity index (χ2v) is 5.64. The molecule has 1 aliphatic carbocycles. The van der Waals surface area contributed by atoms with E-state index in [0.717, 1.165) is 6.04 Å². The zero-order chi connectivity index (χ0) is 8.11. The SMILES string of the molecule is CC1(C)CC2CC(C)(CN2)C1.[LiH]. The van der Waals surface area contributed by atoms with E-state index in [9.17, 15) is 0 Å². The fourth-order valence-corrected chi connectivity index (χ4v) is 3.30. The summed E-state index contributed by atoms with van der Waals surface area (Å²) in [4.78, 5) is 0. The molecule has 2 bridgehead atoms. The number of rotatable bonds is 0. The van der Waals surface area contributed by atoms with Gasteiger partial charge >= 0.3 is 18.9 Å². The zero-order valence-corrected chi connectivity index (χ0v) is 7.91. The molecule has 66 valence electrons. The molecule has 0 amide bonds. The summed E-state index contributed by atoms with van der Waals surface area (Å²) in [6.45, 7) is 8.50. The number of fused-ring (bicyclic) bond motifs is 2. The van der Waals surface area contributed by atoms with Gasteiger partial charge in [-0.2, -0.15) is 0 Å². The standard InChI is InChI=1S/C10H19N.Li.H/c1-9(2)4-8-5-10(3,6-9)7-11-8;;/h8,11H,4-7H2,1-3H3;;. The Kier molecular flexibility index (Phi) is 2.70. The van der Waals surface area contributed by atoms with Gasteiger partial charge in [0.2, 0.25) is 0 Å². The molecule has 2 aliphatic rings. The quantitative estimate of drug-likeness (QED) is 0.531. The van der Waals surface area contributed by atoms with Gasteiger partial charge in [0, 0.05) is 12.6 Å². The van der Waals surface area contributed by atoms with Crippen molar-refractivity contribution < 1.29 is 0 Å². The first-order valence-corrected chi connectivity index (χ1v) is 4.73. The average molecular weight is 161 g/mol. The average Bonchev–Trinajstić information content (AvgIpc) is 2.03. The van der Waals surface area contributed by atoms with E-state index in [1.165, 1.54) is 25.8 Å². The first-order chi connectivity index (χ1) is 4.99. The molecule has 0 aromatic carbocycles. The summed E-state index contributed by atoms with van der Waals surface area (Å²) in [5.41, 5.74) is 1.20. The van der Waals surface area contributed by atoms with Gasteiger partial charge in [-0.05, 0) is 30.1 Å². The van der Waals surface area contributed by atoms with Crippen molar-refractivity contribution >= 4 is 18.9 Å². The predicted molar refractivity (Wildman–Crippen MR) is 54.7 cm³/mol. The van der Waals surface area contributed by atoms with Crippen LogP contribution in [-0.4, -0.2) is 31.4 Å². The summed E-state index contributed by atoms with van der Waals surface area (Å²) >= 11 is 0. The number of nitrogens with one attached hydrogen (secondary N) is 1. The van der Waals surface area contributed by atoms with Crippen LogP contribution < -0.4 is 5.32 Å². The maximum atomic E-state index is 3.61. The van der Waals surface area contributed by atoms with Gasteiger partial charge < -0.3 is 5.32 Å². The Bertz CT molecular complexity index is 179. The van der Waals surface area contributed by atoms with Crippen LogP contribution in [0.25, 0.3) is 0 Å². The molecule has 1 saturated carbocycles. The van der Waals surface area contributed by atoms with Crippen LogP contribution in [0.3, 0.4) is 0 Å². The van der Waals surface area contributed by atoms with E-state index < -0.39 is 0 Å². The summed E-state index contributed by atoms with van der Waals surface area (Å²) < 4.78 is 0. The van der Waals surface area contributed by atoms with Crippen molar-refractivity contribution in [1.29, 1.82) is 0 Å². The Morgan fingerprint density at radius 3 is 2.42 bits per heavy atom. The van der Waals surface area contributed by atoms with Crippen LogP contribution >= 0.6 is 0 Å². The van der Waals surface area contributed by atoms with Crippen LogP contribution in [-0.2, 0) is 0 Å². The third kappa shape index (κ3) is 1.90. The third-order valence-electron chi connectivity index (χ3n) is 3.26. The van der Waals surface area contributed by atoms with Crippen molar-refractivity contribution in [2.75, 3.05) is 6.54 Å². The fraction of sp³-hybridized carbons (Fsp3) is 1.00. The summed E-state index contributed by atoms with van der Waals surface area (Å²) in [7, 11) is 0. The van der Waals surface area contributed by atoms with Gasteiger partial charge in [-0.1, -0.05) is 20.8 Å². The molecular formula is C10H20LiN. The van der Waals surface area contributed by atoms with Crippen molar-refractivity contribution in [1.82, 2.24) is 5.32 Å². The van der Waals surface area contributed by atoms with Crippen molar-refractivity contribution in [3.05, 3.63) is 0 Å². The van der Waals surface area contributed by atoms with Gasteiger partial charge in [0.25, 0.3) is 0 Å². The molecule has 1 nitrogen and oxygen atoms in total. The molecule has 2 fully saturated rings. The fourth-order valence-electron chi connectivity index (χ4n) is 3.30. The Labute approximate surface area is 87.9 Å². The van der Waals surface area contributed by atoms with E-state index in [2.05, 4.69) is 26.1 Å². The second-order valence-electron chi connectivity index (χ2n) is 5.64. The second kappa shape index (κ2) is 3.05. The third-order valence-corrected chi connectivity index (χ3v) is 3.26. The maximum absolute atomic E-state index is 3.61. The van der Waals surface area contributed by atoms with Crippen LogP contribution in [0, 0.1) is 10.8 Å². The van der Waals surface area contributed by atoms with Gasteiger partial charge in [-0.15, -0.1) is 0 Å². The van der Waals surface area contributed by atoms with Crippen molar-refractivity contribution in [3.63, 3.8) is 0 Å². The minimum atomic E-state index is 0. The molecule has 1 N–H and O–H groups in total. The molecule has 1 heterocycles. The normalized spacial score (nSPS) is 43.8. The van der Waals surface area contributed by atoms with Gasteiger partial charge in [0.05, 0.1) is 0 Å². The van der Waals surface area contributed by atoms with Crippen LogP contribution in [0.1, 0.15) is 40.0 Å². The minimum absolute atomic E-state index is 0. The van der Waals surface area contributed by atoms with Gasteiger partial charge in [-0.25, -0.2) is 0 Å². The summed E-state index contributed by atoms with van der Waals surface area (Å²) in [5, 5.41) is 3.61. The van der Waals surface area contributed by atoms with Crippen molar-refractivity contribution in [2.45, 2.75) is 46.1 Å². The molecular weight excluding hydrogens is 141 g/mol. The molecule has 0 aromatic heterocycles. The number of hydrogen-bond donors (Lipinski definition) is 1. The van der Waals surface area contributed by atoms with Crippen LogP contribution in [0.5, 0.6) is 0 Å². The van der Waals surface area contributed by atoms with E-state index in [-0.39, 0.29) is 18.9 Å².